The molecule has 0 atom stereocenters. The van der Waals surface area contributed by atoms with Crippen LogP contribution in [-0.4, -0.2) is 12.7 Å². The number of benzene rings is 1. The van der Waals surface area contributed by atoms with Gasteiger partial charge in [-0.1, -0.05) is 18.2 Å². The first-order chi connectivity index (χ1) is 10.1. The van der Waals surface area contributed by atoms with Gasteiger partial charge in [0.1, 0.15) is 11.5 Å². The zero-order valence-corrected chi connectivity index (χ0v) is 10.8. The molecule has 0 unspecified atom stereocenters. The summed E-state index contributed by atoms with van der Waals surface area (Å²) in [5.74, 6) is -1.00. The lowest BCUT2D eigenvalue weighted by molar-refractivity contribution is -0.303. The Hall–Kier alpha value is -2.12. The minimum atomic E-state index is -4.89. The van der Waals surface area contributed by atoms with Gasteiger partial charge in [-0.15, -0.1) is 26.3 Å². The summed E-state index contributed by atoms with van der Waals surface area (Å²) in [5.41, 5.74) is 0.179. The fraction of sp³-hybridized carbons (Fsp3) is 0.214. The molecule has 1 radical (unpaired) electrons. The van der Waals surface area contributed by atoms with Gasteiger partial charge in [0.05, 0.1) is 0 Å². The van der Waals surface area contributed by atoms with Crippen LogP contribution in [-0.2, 0) is 4.74 Å². The Labute approximate surface area is 121 Å². The first-order valence-corrected chi connectivity index (χ1v) is 6.00. The molecular formula is C14H9F6O2. The van der Waals surface area contributed by atoms with Crippen LogP contribution >= 0.6 is 0 Å². The van der Waals surface area contributed by atoms with Gasteiger partial charge in [-0.05, 0) is 36.6 Å². The van der Waals surface area contributed by atoms with E-state index in [2.05, 4.69) is 9.47 Å². The van der Waals surface area contributed by atoms with Gasteiger partial charge < -0.3 is 9.47 Å². The van der Waals surface area contributed by atoms with E-state index in [4.69, 9.17) is 0 Å². The van der Waals surface area contributed by atoms with Gasteiger partial charge in [-0.25, -0.2) is 0 Å². The zero-order valence-electron chi connectivity index (χ0n) is 10.8. The molecule has 0 spiro atoms. The molecule has 0 fully saturated rings. The van der Waals surface area contributed by atoms with Gasteiger partial charge in [-0.2, -0.15) is 0 Å². The standard InChI is InChI=1S/C14H9F6O2/c15-13(16,17)21-10-5-3-4-9(8-10)11-6-1-2-7-12(11)22-14(18,19)20/h2-8H,1H2. The summed E-state index contributed by atoms with van der Waals surface area (Å²) in [7, 11) is 0. The fourth-order valence-electron chi connectivity index (χ4n) is 1.89. The first kappa shape index (κ1) is 16.3. The van der Waals surface area contributed by atoms with Crippen molar-refractivity contribution in [2.45, 2.75) is 19.1 Å². The Morgan fingerprint density at radius 1 is 0.909 bits per heavy atom. The maximum Gasteiger partial charge on any atom is 0.573 e. The molecule has 8 heteroatoms. The van der Waals surface area contributed by atoms with E-state index >= 15 is 0 Å². The van der Waals surface area contributed by atoms with Crippen molar-refractivity contribution in [1.82, 2.24) is 0 Å². The number of hydrogen-bond acceptors (Lipinski definition) is 2. The van der Waals surface area contributed by atoms with Crippen molar-refractivity contribution in [3.63, 3.8) is 0 Å². The number of allylic oxidation sites excluding steroid dienone is 3. The smallest absolute Gasteiger partial charge is 0.406 e. The van der Waals surface area contributed by atoms with Crippen LogP contribution in [0.5, 0.6) is 5.75 Å². The highest BCUT2D eigenvalue weighted by Crippen LogP contribution is 2.34. The Bertz CT molecular complexity index is 598. The number of alkyl halides is 6. The second-order valence-electron chi connectivity index (χ2n) is 4.24. The molecule has 2 nitrogen and oxygen atoms in total. The van der Waals surface area contributed by atoms with Crippen molar-refractivity contribution in [1.29, 1.82) is 0 Å². The molecule has 119 valence electrons. The highest BCUT2D eigenvalue weighted by Gasteiger charge is 2.34. The van der Waals surface area contributed by atoms with Crippen LogP contribution in [0.4, 0.5) is 26.3 Å². The molecule has 0 saturated carbocycles. The first-order valence-electron chi connectivity index (χ1n) is 6.00. The molecule has 2 rings (SSSR count). The van der Waals surface area contributed by atoms with Crippen molar-refractivity contribution < 1.29 is 35.8 Å². The van der Waals surface area contributed by atoms with Gasteiger partial charge in [0.2, 0.25) is 0 Å². The minimum Gasteiger partial charge on any atom is -0.406 e. The summed E-state index contributed by atoms with van der Waals surface area (Å²) >= 11 is 0. The van der Waals surface area contributed by atoms with E-state index in [1.54, 1.807) is 0 Å². The Morgan fingerprint density at radius 2 is 1.59 bits per heavy atom. The number of rotatable bonds is 3. The van der Waals surface area contributed by atoms with Crippen molar-refractivity contribution in [2.75, 3.05) is 0 Å². The monoisotopic (exact) mass is 323 g/mol. The third-order valence-electron chi connectivity index (χ3n) is 2.60. The second-order valence-corrected chi connectivity index (χ2v) is 4.24. The average molecular weight is 323 g/mol. The number of halogens is 6. The molecule has 1 aromatic rings. The topological polar surface area (TPSA) is 18.5 Å². The maximum absolute atomic E-state index is 12.4. The van der Waals surface area contributed by atoms with E-state index in [0.717, 1.165) is 18.2 Å². The highest BCUT2D eigenvalue weighted by atomic mass is 19.4. The predicted octanol–water partition coefficient (Wildman–Crippen LogP) is 5.00. The van der Waals surface area contributed by atoms with Gasteiger partial charge in [-0.3, -0.25) is 0 Å². The van der Waals surface area contributed by atoms with Crippen LogP contribution in [0.25, 0.3) is 5.57 Å². The van der Waals surface area contributed by atoms with E-state index in [1.807, 2.05) is 0 Å². The second kappa shape index (κ2) is 5.94. The van der Waals surface area contributed by atoms with Crippen LogP contribution < -0.4 is 4.74 Å². The number of ether oxygens (including phenoxy) is 2. The van der Waals surface area contributed by atoms with Gasteiger partial charge in [0, 0.05) is 5.57 Å². The number of hydrogen-bond donors (Lipinski definition) is 0. The van der Waals surface area contributed by atoms with Crippen LogP contribution in [0.15, 0.2) is 42.2 Å². The zero-order chi connectivity index (χ0) is 16.4. The lowest BCUT2D eigenvalue weighted by Gasteiger charge is -2.18. The Balaban J connectivity index is 2.35. The van der Waals surface area contributed by atoms with Gasteiger partial charge >= 0.3 is 12.7 Å². The molecular weight excluding hydrogens is 314 g/mol. The Morgan fingerprint density at radius 3 is 2.23 bits per heavy atom. The molecule has 0 heterocycles. The lowest BCUT2D eigenvalue weighted by atomic mass is 9.96. The quantitative estimate of drug-likeness (QED) is 0.729. The summed E-state index contributed by atoms with van der Waals surface area (Å²) in [6, 6.07) is 4.67. The molecule has 0 amide bonds. The van der Waals surface area contributed by atoms with Crippen molar-refractivity contribution in [3.8, 4) is 5.75 Å². The Kier molecular flexibility index (Phi) is 4.39. The van der Waals surface area contributed by atoms with E-state index < -0.39 is 24.2 Å². The highest BCUT2D eigenvalue weighted by molar-refractivity contribution is 5.77. The fourth-order valence-corrected chi connectivity index (χ4v) is 1.89. The van der Waals surface area contributed by atoms with Crippen molar-refractivity contribution >= 4 is 5.57 Å². The van der Waals surface area contributed by atoms with Crippen LogP contribution in [0.1, 0.15) is 12.0 Å². The molecule has 1 aliphatic rings. The van der Waals surface area contributed by atoms with Crippen LogP contribution in [0.2, 0.25) is 0 Å². The van der Waals surface area contributed by atoms with Gasteiger partial charge in [0.15, 0.2) is 0 Å². The molecule has 0 bridgehead atoms. The van der Waals surface area contributed by atoms with E-state index in [9.17, 15) is 26.3 Å². The lowest BCUT2D eigenvalue weighted by Crippen LogP contribution is -2.17. The molecule has 1 aromatic carbocycles. The van der Waals surface area contributed by atoms with Gasteiger partial charge in [0.25, 0.3) is 0 Å². The third-order valence-corrected chi connectivity index (χ3v) is 2.60. The van der Waals surface area contributed by atoms with Crippen molar-refractivity contribution in [2.24, 2.45) is 0 Å². The van der Waals surface area contributed by atoms with E-state index in [1.165, 1.54) is 24.6 Å². The van der Waals surface area contributed by atoms with Crippen molar-refractivity contribution in [3.05, 3.63) is 54.2 Å². The summed E-state index contributed by atoms with van der Waals surface area (Å²) in [6.07, 6.45) is -5.44. The summed E-state index contributed by atoms with van der Waals surface area (Å²) < 4.78 is 81.3. The average Bonchev–Trinajstić information content (AvgIpc) is 2.35. The predicted molar refractivity (Wildman–Crippen MR) is 65.2 cm³/mol. The molecule has 0 saturated heterocycles. The molecule has 0 aliphatic heterocycles. The summed E-state index contributed by atoms with van der Waals surface area (Å²) in [4.78, 5) is 0. The molecule has 0 aromatic heterocycles. The summed E-state index contributed by atoms with van der Waals surface area (Å²) in [5, 5.41) is 0. The summed E-state index contributed by atoms with van der Waals surface area (Å²) in [6.45, 7) is 0. The SMILES string of the molecule is FC(F)(F)OC1=C(c2cccc(OC(F)(F)F)c2)[CH]CC=C1. The normalized spacial score (nSPS) is 15.9. The van der Waals surface area contributed by atoms with E-state index in [-0.39, 0.29) is 11.1 Å². The van der Waals surface area contributed by atoms with Crippen LogP contribution in [0.3, 0.4) is 0 Å². The molecule has 0 N–H and O–H groups in total. The van der Waals surface area contributed by atoms with Crippen LogP contribution in [0, 0.1) is 6.42 Å². The molecule has 22 heavy (non-hydrogen) atoms. The minimum absolute atomic E-state index is 0.0486. The largest absolute Gasteiger partial charge is 0.573 e. The maximum atomic E-state index is 12.4. The third kappa shape index (κ3) is 4.71. The van der Waals surface area contributed by atoms with E-state index in [0.29, 0.717) is 6.42 Å². The molecule has 1 aliphatic carbocycles.